The van der Waals surface area contributed by atoms with Crippen molar-refractivity contribution in [3.8, 4) is 0 Å². The Morgan fingerprint density at radius 2 is 1.78 bits per heavy atom. The fraction of sp³-hybridized carbons (Fsp3) is 0.500. The van der Waals surface area contributed by atoms with Gasteiger partial charge >= 0.3 is 0 Å². The number of halogens is 1. The lowest BCUT2D eigenvalue weighted by Gasteiger charge is -2.09. The number of nitrogens with one attached hydrogen (secondary N) is 2. The van der Waals surface area contributed by atoms with Crippen LogP contribution in [0.15, 0.2) is 39.1 Å². The Labute approximate surface area is 116 Å². The van der Waals surface area contributed by atoms with Gasteiger partial charge in [-0.3, -0.25) is 4.99 Å². The summed E-state index contributed by atoms with van der Waals surface area (Å²) < 4.78 is 0. The Morgan fingerprint density at radius 1 is 1.17 bits per heavy atom. The third kappa shape index (κ3) is 6.50. The molecule has 0 aliphatic heterocycles. The summed E-state index contributed by atoms with van der Waals surface area (Å²) in [6.07, 6.45) is 4.14. The highest BCUT2D eigenvalue weighted by Gasteiger charge is 2.02. The van der Waals surface area contributed by atoms with Gasteiger partial charge in [-0.05, 0) is 33.8 Å². The molecule has 0 aliphatic carbocycles. The molecule has 0 saturated heterocycles. The molecule has 0 unspecified atom stereocenters. The summed E-state index contributed by atoms with van der Waals surface area (Å²) in [5.41, 5.74) is 4.16. The molecule has 3 nitrogen and oxygen atoms in total. The lowest BCUT2D eigenvalue weighted by Crippen LogP contribution is -2.16. The molecule has 0 radical (unpaired) electrons. The normalized spacial score (nSPS) is 15.4. The van der Waals surface area contributed by atoms with Crippen molar-refractivity contribution in [2.24, 2.45) is 4.99 Å². The molecule has 102 valence electrons. The molecule has 2 N–H and O–H groups in total. The maximum atomic E-state index is 6.16. The third-order valence-corrected chi connectivity index (χ3v) is 3.18. The van der Waals surface area contributed by atoms with Gasteiger partial charge < -0.3 is 10.6 Å². The molecule has 0 aromatic rings. The van der Waals surface area contributed by atoms with Gasteiger partial charge in [0.2, 0.25) is 0 Å². The highest BCUT2D eigenvalue weighted by molar-refractivity contribution is 6.43. The number of aliphatic imine (C=N–C) groups is 1. The molecular weight excluding hydrogens is 246 g/mol. The van der Waals surface area contributed by atoms with Crippen LogP contribution >= 0.6 is 11.6 Å². The van der Waals surface area contributed by atoms with Crippen LogP contribution in [0.5, 0.6) is 0 Å². The first kappa shape index (κ1) is 16.8. The second-order valence-electron chi connectivity index (χ2n) is 4.21. The summed E-state index contributed by atoms with van der Waals surface area (Å²) in [5.74, 6) is 0. The molecule has 4 heteroatoms. The van der Waals surface area contributed by atoms with E-state index in [1.165, 1.54) is 5.57 Å². The summed E-state index contributed by atoms with van der Waals surface area (Å²) in [5, 5.41) is 7.05. The van der Waals surface area contributed by atoms with Gasteiger partial charge in [-0.1, -0.05) is 23.3 Å². The SMILES string of the molecule is CN=C(C)/C(Cl)=C(\C)NC/C(C)=C/C=C(/C)NC. The predicted octanol–water partition coefficient (Wildman–Crippen LogP) is 3.21. The molecule has 0 aromatic heterocycles. The van der Waals surface area contributed by atoms with Crippen molar-refractivity contribution >= 4 is 17.3 Å². The second kappa shape index (κ2) is 8.81. The topological polar surface area (TPSA) is 36.4 Å². The number of nitrogens with zero attached hydrogens (tertiary/aromatic N) is 1. The van der Waals surface area contributed by atoms with E-state index in [4.69, 9.17) is 11.6 Å². The van der Waals surface area contributed by atoms with Crippen LogP contribution in [0.3, 0.4) is 0 Å². The van der Waals surface area contributed by atoms with E-state index in [0.29, 0.717) is 5.03 Å². The van der Waals surface area contributed by atoms with Gasteiger partial charge in [0.15, 0.2) is 0 Å². The quantitative estimate of drug-likeness (QED) is 0.574. The van der Waals surface area contributed by atoms with Crippen LogP contribution in [-0.4, -0.2) is 26.4 Å². The number of hydrogen-bond acceptors (Lipinski definition) is 3. The molecule has 0 saturated carbocycles. The van der Waals surface area contributed by atoms with E-state index in [2.05, 4.69) is 34.7 Å². The zero-order valence-electron chi connectivity index (χ0n) is 12.2. The van der Waals surface area contributed by atoms with Crippen molar-refractivity contribution in [2.75, 3.05) is 20.6 Å². The monoisotopic (exact) mass is 269 g/mol. The van der Waals surface area contributed by atoms with Crippen molar-refractivity contribution in [3.63, 3.8) is 0 Å². The van der Waals surface area contributed by atoms with E-state index in [0.717, 1.165) is 23.7 Å². The Bertz CT molecular complexity index is 390. The number of allylic oxidation sites excluding steroid dienone is 5. The molecular formula is C14H24ClN3. The Kier molecular flexibility index (Phi) is 8.21. The predicted molar refractivity (Wildman–Crippen MR) is 82.2 cm³/mol. The molecule has 0 bridgehead atoms. The summed E-state index contributed by atoms with van der Waals surface area (Å²) in [6, 6.07) is 0. The molecule has 0 aliphatic rings. The van der Waals surface area contributed by atoms with E-state index in [-0.39, 0.29) is 0 Å². The molecule has 0 fully saturated rings. The Morgan fingerprint density at radius 3 is 2.28 bits per heavy atom. The Balaban J connectivity index is 4.51. The molecule has 0 rings (SSSR count). The van der Waals surface area contributed by atoms with Crippen LogP contribution in [0.1, 0.15) is 27.7 Å². The molecule has 0 atom stereocenters. The van der Waals surface area contributed by atoms with Gasteiger partial charge in [0.1, 0.15) is 0 Å². The largest absolute Gasteiger partial charge is 0.392 e. The van der Waals surface area contributed by atoms with Gasteiger partial charge in [-0.25, -0.2) is 0 Å². The minimum atomic E-state index is 0.687. The van der Waals surface area contributed by atoms with Crippen molar-refractivity contribution in [1.82, 2.24) is 10.6 Å². The van der Waals surface area contributed by atoms with Crippen LogP contribution in [-0.2, 0) is 0 Å². The van der Waals surface area contributed by atoms with Crippen LogP contribution < -0.4 is 10.6 Å². The molecule has 0 spiro atoms. The van der Waals surface area contributed by atoms with E-state index in [9.17, 15) is 0 Å². The maximum Gasteiger partial charge on any atom is 0.0799 e. The van der Waals surface area contributed by atoms with Crippen LogP contribution in [0, 0.1) is 0 Å². The number of rotatable bonds is 6. The summed E-state index contributed by atoms with van der Waals surface area (Å²) in [7, 11) is 3.65. The van der Waals surface area contributed by atoms with Crippen LogP contribution in [0.2, 0.25) is 0 Å². The first-order valence-corrected chi connectivity index (χ1v) is 6.36. The lowest BCUT2D eigenvalue weighted by atomic mass is 10.2. The average Bonchev–Trinajstić information content (AvgIpc) is 2.39. The van der Waals surface area contributed by atoms with E-state index >= 15 is 0 Å². The lowest BCUT2D eigenvalue weighted by molar-refractivity contribution is 0.867. The molecule has 0 amide bonds. The fourth-order valence-electron chi connectivity index (χ4n) is 1.13. The van der Waals surface area contributed by atoms with Crippen molar-refractivity contribution in [3.05, 3.63) is 34.2 Å². The standard InChI is InChI=1S/C14H24ClN3/c1-10(7-8-11(2)16-5)9-18-13(4)14(15)12(3)17-6/h7-8,16,18H,9H2,1-6H3/b10-7+,11-8-,14-13-,17-12?. The third-order valence-electron chi connectivity index (χ3n) is 2.63. The van der Waals surface area contributed by atoms with Gasteiger partial charge in [0.25, 0.3) is 0 Å². The number of hydrogen-bond donors (Lipinski definition) is 2. The highest BCUT2D eigenvalue weighted by atomic mass is 35.5. The smallest absolute Gasteiger partial charge is 0.0799 e. The molecule has 0 heterocycles. The van der Waals surface area contributed by atoms with Crippen LogP contribution in [0.25, 0.3) is 0 Å². The summed E-state index contributed by atoms with van der Waals surface area (Å²) in [4.78, 5) is 4.06. The van der Waals surface area contributed by atoms with Gasteiger partial charge in [0, 0.05) is 32.0 Å². The summed E-state index contributed by atoms with van der Waals surface area (Å²) >= 11 is 6.16. The zero-order valence-corrected chi connectivity index (χ0v) is 12.9. The van der Waals surface area contributed by atoms with E-state index in [1.807, 2.05) is 27.8 Å². The highest BCUT2D eigenvalue weighted by Crippen LogP contribution is 2.09. The minimum Gasteiger partial charge on any atom is -0.392 e. The summed E-state index contributed by atoms with van der Waals surface area (Å²) in [6.45, 7) is 8.73. The first-order valence-electron chi connectivity index (χ1n) is 5.98. The van der Waals surface area contributed by atoms with Gasteiger partial charge in [-0.15, -0.1) is 0 Å². The van der Waals surface area contributed by atoms with Gasteiger partial charge in [0.05, 0.1) is 10.7 Å². The van der Waals surface area contributed by atoms with E-state index < -0.39 is 0 Å². The van der Waals surface area contributed by atoms with Crippen molar-refractivity contribution in [1.29, 1.82) is 0 Å². The van der Waals surface area contributed by atoms with Gasteiger partial charge in [-0.2, -0.15) is 0 Å². The Hall–Kier alpha value is -1.22. The van der Waals surface area contributed by atoms with Crippen LogP contribution in [0.4, 0.5) is 0 Å². The molecule has 0 aromatic carbocycles. The van der Waals surface area contributed by atoms with Crippen molar-refractivity contribution in [2.45, 2.75) is 27.7 Å². The average molecular weight is 270 g/mol. The molecule has 18 heavy (non-hydrogen) atoms. The zero-order chi connectivity index (χ0) is 14.1. The fourth-order valence-corrected chi connectivity index (χ4v) is 1.28. The first-order chi connectivity index (χ1) is 8.42. The van der Waals surface area contributed by atoms with Crippen molar-refractivity contribution < 1.29 is 0 Å². The minimum absolute atomic E-state index is 0.687. The van der Waals surface area contributed by atoms with E-state index in [1.54, 1.807) is 7.05 Å². The second-order valence-corrected chi connectivity index (χ2v) is 4.59. The maximum absolute atomic E-state index is 6.16.